The zero-order valence-electron chi connectivity index (χ0n) is 16.5. The fourth-order valence-corrected chi connectivity index (χ4v) is 4.54. The number of non-ortho nitro benzene ring substituents is 1. The molecule has 0 bridgehead atoms. The van der Waals surface area contributed by atoms with E-state index in [-0.39, 0.29) is 17.1 Å². The van der Waals surface area contributed by atoms with Gasteiger partial charge < -0.3 is 4.42 Å². The lowest BCUT2D eigenvalue weighted by molar-refractivity contribution is -0.384. The minimum Gasteiger partial charge on any atom is -0.457 e. The molecule has 0 saturated carbocycles. The molecule has 0 unspecified atom stereocenters. The highest BCUT2D eigenvalue weighted by atomic mass is 79.9. The molecule has 0 spiro atoms. The summed E-state index contributed by atoms with van der Waals surface area (Å²) in [6.45, 7) is -0.386. The van der Waals surface area contributed by atoms with Crippen LogP contribution in [0.3, 0.4) is 0 Å². The molecule has 8 nitrogen and oxygen atoms in total. The van der Waals surface area contributed by atoms with Crippen LogP contribution >= 0.6 is 39.3 Å². The molecule has 0 N–H and O–H groups in total. The van der Waals surface area contributed by atoms with Gasteiger partial charge in [-0.15, -0.1) is 0 Å². The number of hydrogen-bond acceptors (Lipinski definition) is 7. The van der Waals surface area contributed by atoms with Crippen LogP contribution in [0.1, 0.15) is 16.1 Å². The summed E-state index contributed by atoms with van der Waals surface area (Å²) in [5, 5.41) is 10.8. The van der Waals surface area contributed by atoms with Gasteiger partial charge in [-0.3, -0.25) is 29.4 Å². The number of furan rings is 1. The highest BCUT2D eigenvalue weighted by molar-refractivity contribution is 9.10. The number of nitro benzene ring substituents is 1. The number of Topliss-reactive ketones (excluding diaryl/α,β-unsaturated/α-hetero) is 1. The average Bonchev–Trinajstić information content (AvgIpc) is 3.34. The number of imide groups is 1. The Kier molecular flexibility index (Phi) is 6.50. The summed E-state index contributed by atoms with van der Waals surface area (Å²) >= 11 is 9.82. The summed E-state index contributed by atoms with van der Waals surface area (Å²) in [5.74, 6) is -0.259. The lowest BCUT2D eigenvalue weighted by Gasteiger charge is -2.11. The van der Waals surface area contributed by atoms with Crippen LogP contribution < -0.4 is 0 Å². The summed E-state index contributed by atoms with van der Waals surface area (Å²) in [4.78, 5) is 48.9. The normalized spacial score (nSPS) is 14.8. The average molecular weight is 548 g/mol. The van der Waals surface area contributed by atoms with Crippen LogP contribution in [-0.4, -0.2) is 33.3 Å². The molecule has 33 heavy (non-hydrogen) atoms. The van der Waals surface area contributed by atoms with Gasteiger partial charge in [0.05, 0.1) is 16.4 Å². The number of carbonyl (C=O) groups excluding carboxylic acids is 3. The lowest BCUT2D eigenvalue weighted by atomic mass is 10.1. The van der Waals surface area contributed by atoms with E-state index in [0.717, 1.165) is 4.90 Å². The Morgan fingerprint density at radius 3 is 2.55 bits per heavy atom. The molecular weight excluding hydrogens is 536 g/mol. The first-order valence-corrected chi connectivity index (χ1v) is 11.3. The monoisotopic (exact) mass is 546 g/mol. The molecule has 1 aromatic heterocycles. The van der Waals surface area contributed by atoms with Crippen LogP contribution in [0.15, 0.2) is 68.4 Å². The standard InChI is InChI=1S/C22H12BrClN2O6S/c23-17-9-14(26(30)31)5-7-16(17)19-8-6-15(32-19)10-20-21(28)25(22(29)33-20)11-18(27)12-1-3-13(24)4-2-12/h1-10H,11H2/b20-10+. The minimum absolute atomic E-state index is 0.0702. The summed E-state index contributed by atoms with van der Waals surface area (Å²) in [6.07, 6.45) is 1.42. The Balaban J connectivity index is 1.51. The van der Waals surface area contributed by atoms with Crippen molar-refractivity contribution in [2.45, 2.75) is 0 Å². The summed E-state index contributed by atoms with van der Waals surface area (Å²) in [5.41, 5.74) is 0.855. The van der Waals surface area contributed by atoms with Crippen molar-refractivity contribution in [3.63, 3.8) is 0 Å². The van der Waals surface area contributed by atoms with E-state index in [1.54, 1.807) is 30.3 Å². The molecule has 0 atom stereocenters. The van der Waals surface area contributed by atoms with Crippen molar-refractivity contribution in [3.8, 4) is 11.3 Å². The summed E-state index contributed by atoms with van der Waals surface area (Å²) < 4.78 is 6.21. The van der Waals surface area contributed by atoms with Gasteiger partial charge in [0.25, 0.3) is 16.8 Å². The zero-order chi connectivity index (χ0) is 23.7. The van der Waals surface area contributed by atoms with Crippen LogP contribution in [-0.2, 0) is 4.79 Å². The second-order valence-corrected chi connectivity index (χ2v) is 9.11. The summed E-state index contributed by atoms with van der Waals surface area (Å²) in [7, 11) is 0. The molecule has 166 valence electrons. The lowest BCUT2D eigenvalue weighted by Crippen LogP contribution is -2.33. The predicted octanol–water partition coefficient (Wildman–Crippen LogP) is 6.19. The minimum atomic E-state index is -0.596. The van der Waals surface area contributed by atoms with E-state index < -0.39 is 21.9 Å². The number of halogens is 2. The van der Waals surface area contributed by atoms with Crippen LogP contribution in [0, 0.1) is 10.1 Å². The largest absolute Gasteiger partial charge is 0.457 e. The highest BCUT2D eigenvalue weighted by Gasteiger charge is 2.36. The number of amides is 2. The van der Waals surface area contributed by atoms with Crippen molar-refractivity contribution in [2.24, 2.45) is 0 Å². The molecule has 1 saturated heterocycles. The van der Waals surface area contributed by atoms with Gasteiger partial charge >= 0.3 is 0 Å². The van der Waals surface area contributed by atoms with Crippen molar-refractivity contribution >= 4 is 68.0 Å². The maximum absolute atomic E-state index is 12.7. The zero-order valence-corrected chi connectivity index (χ0v) is 19.6. The van der Waals surface area contributed by atoms with E-state index in [9.17, 15) is 24.5 Å². The first kappa shape index (κ1) is 23.0. The van der Waals surface area contributed by atoms with E-state index in [1.807, 2.05) is 0 Å². The van der Waals surface area contributed by atoms with Gasteiger partial charge in [-0.05, 0) is 70.2 Å². The molecule has 1 fully saturated rings. The Morgan fingerprint density at radius 1 is 1.15 bits per heavy atom. The SMILES string of the molecule is O=C(CN1C(=O)S/C(=C/c2ccc(-c3ccc([N+](=O)[O-])cc3Br)o2)C1=O)c1ccc(Cl)cc1. The first-order chi connectivity index (χ1) is 15.7. The van der Waals surface area contributed by atoms with Gasteiger partial charge in [0.15, 0.2) is 5.78 Å². The fourth-order valence-electron chi connectivity index (χ4n) is 3.03. The van der Waals surface area contributed by atoms with Gasteiger partial charge in [-0.2, -0.15) is 0 Å². The maximum atomic E-state index is 12.7. The molecule has 2 heterocycles. The van der Waals surface area contributed by atoms with E-state index in [4.69, 9.17) is 16.0 Å². The number of nitrogens with zero attached hydrogens (tertiary/aromatic N) is 2. The Bertz CT molecular complexity index is 1330. The van der Waals surface area contributed by atoms with Crippen molar-refractivity contribution in [1.29, 1.82) is 0 Å². The number of nitro groups is 1. The number of thioether (sulfide) groups is 1. The topological polar surface area (TPSA) is 111 Å². The summed E-state index contributed by atoms with van der Waals surface area (Å²) in [6, 6.07) is 13.7. The van der Waals surface area contributed by atoms with E-state index in [2.05, 4.69) is 15.9 Å². The van der Waals surface area contributed by atoms with Gasteiger partial charge in [-0.1, -0.05) is 11.6 Å². The highest BCUT2D eigenvalue weighted by Crippen LogP contribution is 2.35. The second-order valence-electron chi connectivity index (χ2n) is 6.82. The smallest absolute Gasteiger partial charge is 0.293 e. The quantitative estimate of drug-likeness (QED) is 0.157. The second kappa shape index (κ2) is 9.34. The van der Waals surface area contributed by atoms with E-state index in [1.165, 1.54) is 30.3 Å². The van der Waals surface area contributed by atoms with Crippen molar-refractivity contribution in [1.82, 2.24) is 4.90 Å². The molecule has 2 aromatic carbocycles. The number of carbonyl (C=O) groups is 3. The Labute approximate surface area is 204 Å². The number of benzene rings is 2. The molecule has 0 radical (unpaired) electrons. The van der Waals surface area contributed by atoms with Gasteiger partial charge in [0.1, 0.15) is 11.5 Å². The first-order valence-electron chi connectivity index (χ1n) is 9.31. The number of rotatable bonds is 6. The molecule has 4 rings (SSSR count). The number of hydrogen-bond donors (Lipinski definition) is 0. The molecule has 2 amide bonds. The van der Waals surface area contributed by atoms with Crippen LogP contribution in [0.2, 0.25) is 5.02 Å². The third kappa shape index (κ3) is 4.92. The fraction of sp³-hybridized carbons (Fsp3) is 0.0455. The molecule has 11 heteroatoms. The molecule has 3 aromatic rings. The maximum Gasteiger partial charge on any atom is 0.293 e. The van der Waals surface area contributed by atoms with Gasteiger partial charge in [0.2, 0.25) is 0 Å². The van der Waals surface area contributed by atoms with Crippen molar-refractivity contribution in [3.05, 3.63) is 90.4 Å². The molecule has 1 aliphatic rings. The third-order valence-electron chi connectivity index (χ3n) is 4.67. The predicted molar refractivity (Wildman–Crippen MR) is 127 cm³/mol. The number of ketones is 1. The van der Waals surface area contributed by atoms with Crippen LogP contribution in [0.4, 0.5) is 10.5 Å². The van der Waals surface area contributed by atoms with Crippen molar-refractivity contribution in [2.75, 3.05) is 6.54 Å². The van der Waals surface area contributed by atoms with Crippen molar-refractivity contribution < 1.29 is 23.7 Å². The molecular formula is C22H12BrClN2O6S. The van der Waals surface area contributed by atoms with Crippen LogP contribution in [0.5, 0.6) is 0 Å². The molecule has 1 aliphatic heterocycles. The van der Waals surface area contributed by atoms with E-state index >= 15 is 0 Å². The van der Waals surface area contributed by atoms with Crippen LogP contribution in [0.25, 0.3) is 17.4 Å². The van der Waals surface area contributed by atoms with Gasteiger partial charge in [-0.25, -0.2) is 0 Å². The van der Waals surface area contributed by atoms with E-state index in [0.29, 0.717) is 43.9 Å². The molecule has 0 aliphatic carbocycles. The third-order valence-corrected chi connectivity index (χ3v) is 6.49. The Hall–Kier alpha value is -3.21. The van der Waals surface area contributed by atoms with Gasteiger partial charge in [0, 0.05) is 38.8 Å². The Morgan fingerprint density at radius 2 is 1.88 bits per heavy atom.